The molecule has 16 amide bonds. The summed E-state index contributed by atoms with van der Waals surface area (Å²) in [6.07, 6.45) is 9.22. The van der Waals surface area contributed by atoms with E-state index in [-0.39, 0.29) is 87.9 Å². The van der Waals surface area contributed by atoms with Crippen LogP contribution >= 0.6 is 0 Å². The van der Waals surface area contributed by atoms with Gasteiger partial charge in [0, 0.05) is 65.2 Å². The van der Waals surface area contributed by atoms with Crippen molar-refractivity contribution in [2.24, 2.45) is 17.8 Å². The van der Waals surface area contributed by atoms with Crippen LogP contribution in [0.5, 0.6) is 0 Å². The summed E-state index contributed by atoms with van der Waals surface area (Å²) < 4.78 is 0. The molecule has 0 aromatic heterocycles. The lowest BCUT2D eigenvalue weighted by Gasteiger charge is -2.42. The molecule has 0 aliphatic carbocycles. The van der Waals surface area contributed by atoms with Crippen LogP contribution in [0.1, 0.15) is 261 Å². The topological polar surface area (TPSA) is 446 Å². The Balaban J connectivity index is 1.08. The molecule has 5 aliphatic rings. The zero-order chi connectivity index (χ0) is 87.6. The summed E-state index contributed by atoms with van der Waals surface area (Å²) >= 11 is 0. The van der Waals surface area contributed by atoms with Crippen LogP contribution in [0.3, 0.4) is 0 Å². The number of carbonyl (C=O) groups is 16. The quantitative estimate of drug-likeness (QED) is 0.0418. The van der Waals surface area contributed by atoms with Gasteiger partial charge in [0.25, 0.3) is 0 Å². The van der Waals surface area contributed by atoms with Gasteiger partial charge in [-0.1, -0.05) is 48.5 Å². The van der Waals surface area contributed by atoms with Gasteiger partial charge < -0.3 is 83.8 Å². The van der Waals surface area contributed by atoms with Gasteiger partial charge in [-0.2, -0.15) is 0 Å². The van der Waals surface area contributed by atoms with E-state index in [2.05, 4.69) is 92.8 Å². The standard InChI is InChI=1S/C82H142N18O16/c1-23-82(22,93-68(109)59-34-26-29-43-100(59)74(115)80(18,19)92-66(107)57-32-24-27-41-98(57)53(9)101)73(114)95-78(14,15)71(112)88-55(45-50(4)5)64(105)83-37-36-60(102)84-47-61(103)89-79(16,17)72(113)94-81(20,21)75(116)99-42-28-25-33-58(99)67(108)91-76(10,11)69(110)85-52(8)63(104)87-56(46-51(6)7)65(106)90-77(12,13)70(111)86-54(44-49(2)3)48-97-40-31-39-96-38-30-35-62(96)97/h49-52,54-59,62H,23-48H2,1-22H3,(H,83,105)(H,84,102)(H,85,110)(H,86,111)(H,87,104)(H,88,112)(H,89,103)(H,90,106)(H,91,108)(H,92,107)(H,93,109)(H,94,113)(H,95,114). The molecule has 34 nitrogen and oxygen atoms in total. The Hall–Kier alpha value is -8.56. The number of fused-ring (bicyclic) bond motifs is 1. The SMILES string of the molecule is CCC(C)(NC(=O)C1CCCCN1C(=O)C(C)(C)NC(=O)C1CCCCN1C(C)=O)C(=O)NC(C)(C)C(=O)NC(CC(C)C)C(=O)NCCC(=O)NCC(=O)NC(C)(C)C(=O)NC(C)(C)C(=O)N1CCCCC1C(=O)NC(C)(C)C(=O)NC(C)C(=O)NC(CC(C)C)C(=O)NC(C)(C)C(=O)NC(CC(C)C)CN1CCCN2CCCC21. The maximum atomic E-state index is 14.5. The number of amides is 16. The molecule has 0 radical (unpaired) electrons. The zero-order valence-electron chi connectivity index (χ0n) is 73.5. The Morgan fingerprint density at radius 1 is 0.379 bits per heavy atom. The Morgan fingerprint density at radius 2 is 0.819 bits per heavy atom. The molecule has 0 aromatic carbocycles. The van der Waals surface area contributed by atoms with Crippen LogP contribution in [0.4, 0.5) is 0 Å². The van der Waals surface area contributed by atoms with Crippen LogP contribution in [0.15, 0.2) is 0 Å². The Labute approximate surface area is 687 Å². The molecule has 9 atom stereocenters. The van der Waals surface area contributed by atoms with Gasteiger partial charge in [0.2, 0.25) is 94.5 Å². The maximum Gasteiger partial charge on any atom is 0.248 e. The zero-order valence-corrected chi connectivity index (χ0v) is 73.5. The molecule has 5 fully saturated rings. The highest BCUT2D eigenvalue weighted by Gasteiger charge is 2.49. The average Bonchev–Trinajstić information content (AvgIpc) is 1.00. The van der Waals surface area contributed by atoms with Crippen molar-refractivity contribution in [2.75, 3.05) is 58.9 Å². The summed E-state index contributed by atoms with van der Waals surface area (Å²) in [6, 6.07) is -6.40. The third-order valence-corrected chi connectivity index (χ3v) is 22.6. The van der Waals surface area contributed by atoms with Crippen molar-refractivity contribution in [1.29, 1.82) is 0 Å². The van der Waals surface area contributed by atoms with Crippen molar-refractivity contribution in [3.05, 3.63) is 0 Å². The molecule has 116 heavy (non-hydrogen) atoms. The molecule has 5 heterocycles. The summed E-state index contributed by atoms with van der Waals surface area (Å²) in [4.78, 5) is 231. The number of likely N-dealkylation sites (tertiary alicyclic amines) is 3. The van der Waals surface area contributed by atoms with Gasteiger partial charge in [-0.05, 0) is 224 Å². The molecular formula is C82H142N18O16. The summed E-state index contributed by atoms with van der Waals surface area (Å²) in [5, 5.41) is 35.7. The number of nitrogens with zero attached hydrogens (tertiary/aromatic N) is 5. The first kappa shape index (κ1) is 98.0. The third kappa shape index (κ3) is 27.8. The Kier molecular flexibility index (Phi) is 35.2. The largest absolute Gasteiger partial charge is 0.354 e. The fraction of sp³-hybridized carbons (Fsp3) is 0.805. The minimum Gasteiger partial charge on any atom is -0.354 e. The second kappa shape index (κ2) is 41.7. The van der Waals surface area contributed by atoms with E-state index in [1.807, 2.05) is 27.7 Å². The van der Waals surface area contributed by atoms with E-state index in [9.17, 15) is 76.7 Å². The lowest BCUT2D eigenvalue weighted by molar-refractivity contribution is -0.151. The fourth-order valence-corrected chi connectivity index (χ4v) is 15.5. The molecule has 0 saturated carbocycles. The fourth-order valence-electron chi connectivity index (χ4n) is 15.5. The van der Waals surface area contributed by atoms with Crippen molar-refractivity contribution in [3.8, 4) is 0 Å². The minimum absolute atomic E-state index is 0.0649. The molecule has 0 spiro atoms. The lowest BCUT2D eigenvalue weighted by atomic mass is 9.91. The van der Waals surface area contributed by atoms with Crippen molar-refractivity contribution < 1.29 is 76.7 Å². The summed E-state index contributed by atoms with van der Waals surface area (Å²) in [5.74, 6) is -9.72. The summed E-state index contributed by atoms with van der Waals surface area (Å²) in [7, 11) is 0. The van der Waals surface area contributed by atoms with Crippen molar-refractivity contribution in [1.82, 2.24) is 93.6 Å². The molecule has 5 aliphatic heterocycles. The molecule has 9 unspecified atom stereocenters. The molecule has 5 rings (SSSR count). The summed E-state index contributed by atoms with van der Waals surface area (Å²) in [5.41, 5.74) is -11.1. The van der Waals surface area contributed by atoms with Gasteiger partial charge in [0.15, 0.2) is 0 Å². The monoisotopic (exact) mass is 1640 g/mol. The maximum absolute atomic E-state index is 14.5. The first-order valence-corrected chi connectivity index (χ1v) is 42.1. The predicted octanol–water partition coefficient (Wildman–Crippen LogP) is 1.65. The Bertz CT molecular complexity index is 3560. The van der Waals surface area contributed by atoms with Gasteiger partial charge in [0.05, 0.1) is 12.7 Å². The molecule has 34 heteroatoms. The van der Waals surface area contributed by atoms with Crippen molar-refractivity contribution in [3.63, 3.8) is 0 Å². The van der Waals surface area contributed by atoms with Gasteiger partial charge in [0.1, 0.15) is 75.0 Å². The van der Waals surface area contributed by atoms with E-state index >= 15 is 0 Å². The van der Waals surface area contributed by atoms with E-state index in [0.717, 1.165) is 58.2 Å². The van der Waals surface area contributed by atoms with Crippen molar-refractivity contribution >= 4 is 94.5 Å². The number of nitrogens with one attached hydrogen (secondary N) is 13. The number of rotatable bonds is 38. The van der Waals surface area contributed by atoms with Crippen LogP contribution in [-0.4, -0.2) is 265 Å². The highest BCUT2D eigenvalue weighted by Crippen LogP contribution is 2.29. The van der Waals surface area contributed by atoms with Crippen LogP contribution in [0.2, 0.25) is 0 Å². The van der Waals surface area contributed by atoms with E-state index in [1.54, 1.807) is 34.6 Å². The molecule has 13 N–H and O–H groups in total. The first-order chi connectivity index (χ1) is 53.7. The van der Waals surface area contributed by atoms with Gasteiger partial charge in [-0.15, -0.1) is 0 Å². The highest BCUT2D eigenvalue weighted by atomic mass is 16.2. The average molecular weight is 1640 g/mol. The van der Waals surface area contributed by atoms with Crippen LogP contribution < -0.4 is 69.1 Å². The van der Waals surface area contributed by atoms with E-state index in [4.69, 9.17) is 0 Å². The second-order valence-electron chi connectivity index (χ2n) is 37.3. The number of carbonyl (C=O) groups excluding carboxylic acids is 16. The molecule has 5 saturated heterocycles. The number of hydrogen-bond donors (Lipinski definition) is 13. The van der Waals surface area contributed by atoms with E-state index in [0.29, 0.717) is 57.3 Å². The van der Waals surface area contributed by atoms with E-state index < -0.39 is 164 Å². The van der Waals surface area contributed by atoms with E-state index in [1.165, 1.54) is 90.9 Å². The van der Waals surface area contributed by atoms with Gasteiger partial charge >= 0.3 is 0 Å². The van der Waals surface area contributed by atoms with Crippen molar-refractivity contribution in [2.45, 2.75) is 349 Å². The summed E-state index contributed by atoms with van der Waals surface area (Å²) in [6.45, 7) is 39.1. The molecule has 0 bridgehead atoms. The lowest BCUT2D eigenvalue weighted by Crippen LogP contribution is -2.67. The van der Waals surface area contributed by atoms with Crippen LogP contribution in [0.25, 0.3) is 0 Å². The second-order valence-corrected chi connectivity index (χ2v) is 37.3. The van der Waals surface area contributed by atoms with Crippen LogP contribution in [0, 0.1) is 17.8 Å². The highest BCUT2D eigenvalue weighted by molar-refractivity contribution is 6.03. The first-order valence-electron chi connectivity index (χ1n) is 42.1. The molecular weight excluding hydrogens is 1490 g/mol. The van der Waals surface area contributed by atoms with Crippen LogP contribution in [-0.2, 0) is 76.7 Å². The molecule has 0 aromatic rings. The minimum atomic E-state index is -1.67. The normalized spacial score (nSPS) is 20.2. The smallest absolute Gasteiger partial charge is 0.248 e. The van der Waals surface area contributed by atoms with Gasteiger partial charge in [-0.25, -0.2) is 0 Å². The van der Waals surface area contributed by atoms with Gasteiger partial charge in [-0.3, -0.25) is 86.5 Å². The Morgan fingerprint density at radius 3 is 1.34 bits per heavy atom. The number of hydrogen-bond acceptors (Lipinski definition) is 18. The molecule has 656 valence electrons. The third-order valence-electron chi connectivity index (χ3n) is 22.6. The number of piperidine rings is 3. The predicted molar refractivity (Wildman–Crippen MR) is 437 cm³/mol.